The molecule has 0 aromatic carbocycles. The number of hydrogen-bond donors (Lipinski definition) is 0. The summed E-state index contributed by atoms with van der Waals surface area (Å²) in [6, 6.07) is 3.96. The minimum Gasteiger partial charge on any atom is -0.347 e. The van der Waals surface area contributed by atoms with Gasteiger partial charge in [0, 0.05) is 24.9 Å². The maximum atomic E-state index is 4.58. The van der Waals surface area contributed by atoms with Gasteiger partial charge in [0.25, 0.3) is 0 Å². The molecular weight excluding hydrogens is 322 g/mol. The fraction of sp³-hybridized carbons (Fsp3) is 0.562. The summed E-state index contributed by atoms with van der Waals surface area (Å²) in [6.45, 7) is 3.98. The van der Waals surface area contributed by atoms with Crippen molar-refractivity contribution in [2.45, 2.75) is 44.4 Å². The van der Waals surface area contributed by atoms with Crippen molar-refractivity contribution in [3.8, 4) is 0 Å². The molecule has 1 aliphatic carbocycles. The molecule has 4 heterocycles. The average molecular weight is 341 g/mol. The summed E-state index contributed by atoms with van der Waals surface area (Å²) in [6.07, 6.45) is 4.66. The van der Waals surface area contributed by atoms with Crippen LogP contribution in [0.2, 0.25) is 0 Å². The summed E-state index contributed by atoms with van der Waals surface area (Å²) in [5.41, 5.74) is 1.82. The van der Waals surface area contributed by atoms with E-state index >= 15 is 0 Å². The summed E-state index contributed by atoms with van der Waals surface area (Å²) in [5.74, 6) is 2.08. The molecule has 0 atom stereocenters. The first-order valence-electron chi connectivity index (χ1n) is 8.55. The highest BCUT2D eigenvalue weighted by atomic mass is 32.1. The van der Waals surface area contributed by atoms with Gasteiger partial charge in [0.15, 0.2) is 11.5 Å². The van der Waals surface area contributed by atoms with Crippen LogP contribution in [-0.2, 0) is 0 Å². The van der Waals surface area contributed by atoms with Crippen LogP contribution in [0.1, 0.15) is 54.0 Å². The van der Waals surface area contributed by atoms with E-state index in [1.54, 1.807) is 11.3 Å². The van der Waals surface area contributed by atoms with E-state index < -0.39 is 0 Å². The number of fused-ring (bicyclic) bond motifs is 1. The molecule has 8 heteroatoms. The Bertz CT molecular complexity index is 874. The molecule has 2 fully saturated rings. The van der Waals surface area contributed by atoms with Crippen LogP contribution in [0.4, 0.5) is 5.13 Å². The minimum absolute atomic E-state index is 0.404. The predicted molar refractivity (Wildman–Crippen MR) is 91.6 cm³/mol. The molecule has 0 spiro atoms. The maximum absolute atomic E-state index is 4.58. The van der Waals surface area contributed by atoms with Gasteiger partial charge >= 0.3 is 0 Å². The van der Waals surface area contributed by atoms with Gasteiger partial charge in [-0.25, -0.2) is 0 Å². The molecule has 1 aliphatic heterocycles. The van der Waals surface area contributed by atoms with Crippen molar-refractivity contribution >= 4 is 22.1 Å². The third kappa shape index (κ3) is 2.45. The number of piperidine rings is 1. The summed E-state index contributed by atoms with van der Waals surface area (Å²) >= 11 is 1.77. The van der Waals surface area contributed by atoms with E-state index in [1.165, 1.54) is 17.8 Å². The zero-order chi connectivity index (χ0) is 16.1. The van der Waals surface area contributed by atoms with E-state index in [0.717, 1.165) is 48.2 Å². The lowest BCUT2D eigenvalue weighted by Crippen LogP contribution is -2.33. The van der Waals surface area contributed by atoms with Gasteiger partial charge in [0.05, 0.1) is 5.69 Å². The van der Waals surface area contributed by atoms with E-state index in [0.29, 0.717) is 11.8 Å². The molecule has 3 aromatic heterocycles. The second-order valence-electron chi connectivity index (χ2n) is 6.76. The number of aromatic nitrogens is 6. The highest BCUT2D eigenvalue weighted by Crippen LogP contribution is 2.43. The zero-order valence-corrected chi connectivity index (χ0v) is 14.4. The summed E-state index contributed by atoms with van der Waals surface area (Å²) in [7, 11) is 0. The minimum atomic E-state index is 0.404. The Labute approximate surface area is 143 Å². The molecule has 1 saturated heterocycles. The normalized spacial score (nSPS) is 19.3. The molecule has 124 valence electrons. The Kier molecular flexibility index (Phi) is 3.26. The maximum Gasteiger partial charge on any atom is 0.208 e. The highest BCUT2D eigenvalue weighted by molar-refractivity contribution is 7.15. The van der Waals surface area contributed by atoms with Crippen molar-refractivity contribution in [2.24, 2.45) is 0 Å². The second-order valence-corrected chi connectivity index (χ2v) is 7.75. The van der Waals surface area contributed by atoms with Crippen molar-refractivity contribution in [1.82, 2.24) is 30.0 Å². The second kappa shape index (κ2) is 5.47. The highest BCUT2D eigenvalue weighted by Gasteiger charge is 2.30. The van der Waals surface area contributed by atoms with E-state index in [4.69, 9.17) is 0 Å². The molecule has 7 nitrogen and oxygen atoms in total. The van der Waals surface area contributed by atoms with E-state index in [1.807, 2.05) is 23.6 Å². The van der Waals surface area contributed by atoms with Gasteiger partial charge in [-0.05, 0) is 44.7 Å². The largest absolute Gasteiger partial charge is 0.347 e. The van der Waals surface area contributed by atoms with E-state index in [9.17, 15) is 0 Å². The summed E-state index contributed by atoms with van der Waals surface area (Å²) in [5, 5.41) is 24.3. The van der Waals surface area contributed by atoms with Gasteiger partial charge < -0.3 is 4.90 Å². The molecule has 24 heavy (non-hydrogen) atoms. The molecule has 2 aliphatic rings. The van der Waals surface area contributed by atoms with Gasteiger partial charge in [0.1, 0.15) is 5.01 Å². The lowest BCUT2D eigenvalue weighted by molar-refractivity contribution is 0.476. The van der Waals surface area contributed by atoms with Gasteiger partial charge in [-0.3, -0.25) is 0 Å². The fourth-order valence-electron chi connectivity index (χ4n) is 3.33. The first-order valence-corrected chi connectivity index (χ1v) is 9.37. The summed E-state index contributed by atoms with van der Waals surface area (Å²) < 4.78 is 1.91. The number of aryl methyl sites for hydroxylation is 1. The Balaban J connectivity index is 1.32. The Morgan fingerprint density at radius 3 is 2.58 bits per heavy atom. The molecule has 1 saturated carbocycles. The zero-order valence-electron chi connectivity index (χ0n) is 13.6. The number of nitrogens with zero attached hydrogens (tertiary/aromatic N) is 7. The Morgan fingerprint density at radius 1 is 0.958 bits per heavy atom. The quantitative estimate of drug-likeness (QED) is 0.729. The van der Waals surface area contributed by atoms with Crippen LogP contribution in [0.15, 0.2) is 12.1 Å². The molecule has 0 radical (unpaired) electrons. The Hall–Kier alpha value is -2.09. The molecule has 0 amide bonds. The van der Waals surface area contributed by atoms with Gasteiger partial charge in [0.2, 0.25) is 5.13 Å². The fourth-order valence-corrected chi connectivity index (χ4v) is 4.39. The number of hydrogen-bond acceptors (Lipinski definition) is 7. The lowest BCUT2D eigenvalue weighted by atomic mass is 9.96. The average Bonchev–Trinajstić information content (AvgIpc) is 3.19. The lowest BCUT2D eigenvalue weighted by Gasteiger charge is -2.30. The molecule has 0 unspecified atom stereocenters. The topological polar surface area (TPSA) is 72.1 Å². The van der Waals surface area contributed by atoms with E-state index in [-0.39, 0.29) is 0 Å². The molecule has 0 N–H and O–H groups in total. The van der Waals surface area contributed by atoms with Crippen molar-refractivity contribution in [2.75, 3.05) is 18.0 Å². The van der Waals surface area contributed by atoms with Crippen LogP contribution in [0, 0.1) is 6.92 Å². The third-order valence-corrected chi connectivity index (χ3v) is 6.05. The number of rotatable bonds is 3. The van der Waals surface area contributed by atoms with Crippen LogP contribution in [0.25, 0.3) is 5.65 Å². The van der Waals surface area contributed by atoms with E-state index in [2.05, 4.69) is 30.4 Å². The molecule has 3 aromatic rings. The summed E-state index contributed by atoms with van der Waals surface area (Å²) in [4.78, 5) is 2.36. The first-order chi connectivity index (χ1) is 11.8. The van der Waals surface area contributed by atoms with Crippen LogP contribution in [0.3, 0.4) is 0 Å². The van der Waals surface area contributed by atoms with Crippen LogP contribution < -0.4 is 4.90 Å². The van der Waals surface area contributed by atoms with Gasteiger partial charge in [-0.2, -0.15) is 9.61 Å². The first kappa shape index (κ1) is 14.3. The smallest absolute Gasteiger partial charge is 0.208 e. The van der Waals surface area contributed by atoms with Crippen LogP contribution >= 0.6 is 11.3 Å². The third-order valence-electron chi connectivity index (χ3n) is 4.91. The SMILES string of the molecule is Cc1ccc2nnc(C3CCN(c4nnc(C5CC5)s4)CC3)n2n1. The standard InChI is InChI=1S/C16H19N7S/c1-10-2-5-13-17-18-14(23(13)21-10)11-6-8-22(9-7-11)16-20-19-15(24-16)12-3-4-12/h2,5,11-12H,3-4,6-9H2,1H3. The monoisotopic (exact) mass is 341 g/mol. The van der Waals surface area contributed by atoms with Crippen molar-refractivity contribution < 1.29 is 0 Å². The Morgan fingerprint density at radius 2 is 1.79 bits per heavy atom. The van der Waals surface area contributed by atoms with Gasteiger partial charge in [-0.1, -0.05) is 11.3 Å². The van der Waals surface area contributed by atoms with Crippen LogP contribution in [-0.4, -0.2) is 43.1 Å². The van der Waals surface area contributed by atoms with Crippen molar-refractivity contribution in [3.05, 3.63) is 28.7 Å². The molecule has 0 bridgehead atoms. The predicted octanol–water partition coefficient (Wildman–Crippen LogP) is 2.55. The van der Waals surface area contributed by atoms with Crippen LogP contribution in [0.5, 0.6) is 0 Å². The number of anilines is 1. The van der Waals surface area contributed by atoms with Crippen molar-refractivity contribution in [1.29, 1.82) is 0 Å². The van der Waals surface area contributed by atoms with Crippen molar-refractivity contribution in [3.63, 3.8) is 0 Å². The molecule has 5 rings (SSSR count). The molecular formula is C16H19N7S. The van der Waals surface area contributed by atoms with Gasteiger partial charge in [-0.15, -0.1) is 20.4 Å².